The molecule has 0 aliphatic heterocycles. The predicted octanol–water partition coefficient (Wildman–Crippen LogP) is 0.620. The molecule has 0 aliphatic carbocycles. The van der Waals surface area contributed by atoms with Crippen LogP contribution in [0.5, 0.6) is 0 Å². The molecular formula is C7H8N4. The molecule has 4 nitrogen and oxygen atoms in total. The number of hydrogen-bond acceptors (Lipinski definition) is 3. The summed E-state index contributed by atoms with van der Waals surface area (Å²) < 4.78 is 1.67. The van der Waals surface area contributed by atoms with Crippen molar-refractivity contribution < 1.29 is 0 Å². The lowest BCUT2D eigenvalue weighted by molar-refractivity contribution is 0.962. The first kappa shape index (κ1) is 6.15. The molecule has 0 radical (unpaired) electrons. The average molecular weight is 148 g/mol. The molecule has 0 unspecified atom stereocenters. The van der Waals surface area contributed by atoms with Gasteiger partial charge in [0.1, 0.15) is 0 Å². The molecule has 2 rings (SSSR count). The lowest BCUT2D eigenvalue weighted by atomic mass is 10.3. The van der Waals surface area contributed by atoms with Crippen LogP contribution in [0, 0.1) is 6.92 Å². The molecule has 0 atom stereocenters. The van der Waals surface area contributed by atoms with Crippen molar-refractivity contribution >= 4 is 11.6 Å². The first-order valence-electron chi connectivity index (χ1n) is 3.35. The largest absolute Gasteiger partial charge is 0.366 e. The summed E-state index contributed by atoms with van der Waals surface area (Å²) in [5.41, 5.74) is 7.32. The number of pyridine rings is 1. The summed E-state index contributed by atoms with van der Waals surface area (Å²) in [4.78, 5) is 4.04. The standard InChI is InChI=1S/C7H8N4/c1-5-3-2-4-11-6(5)9-7(8)10-11/h2-4H,1H3,(H2,8,10). The normalized spacial score (nSPS) is 10.6. The zero-order chi connectivity index (χ0) is 7.84. The smallest absolute Gasteiger partial charge is 0.240 e. The number of aromatic nitrogens is 3. The van der Waals surface area contributed by atoms with E-state index in [-0.39, 0.29) is 0 Å². The fraction of sp³-hybridized carbons (Fsp3) is 0.143. The highest BCUT2D eigenvalue weighted by molar-refractivity contribution is 5.48. The van der Waals surface area contributed by atoms with Crippen LogP contribution in [0.1, 0.15) is 5.56 Å². The van der Waals surface area contributed by atoms with Gasteiger partial charge in [0, 0.05) is 6.20 Å². The maximum atomic E-state index is 5.42. The average Bonchev–Trinajstić information content (AvgIpc) is 2.31. The van der Waals surface area contributed by atoms with E-state index in [4.69, 9.17) is 5.73 Å². The number of nitrogens with two attached hydrogens (primary N) is 1. The van der Waals surface area contributed by atoms with Gasteiger partial charge in [0.15, 0.2) is 5.65 Å². The Morgan fingerprint density at radius 1 is 1.55 bits per heavy atom. The Labute approximate surface area is 63.7 Å². The van der Waals surface area contributed by atoms with Gasteiger partial charge in [-0.05, 0) is 18.6 Å². The molecule has 0 saturated carbocycles. The van der Waals surface area contributed by atoms with Crippen molar-refractivity contribution in [3.63, 3.8) is 0 Å². The van der Waals surface area contributed by atoms with Crippen LogP contribution in [0.3, 0.4) is 0 Å². The zero-order valence-corrected chi connectivity index (χ0v) is 6.15. The van der Waals surface area contributed by atoms with Crippen LogP contribution in [0.2, 0.25) is 0 Å². The van der Waals surface area contributed by atoms with Crippen LogP contribution in [0.4, 0.5) is 5.95 Å². The quantitative estimate of drug-likeness (QED) is 0.595. The minimum absolute atomic E-state index is 0.319. The van der Waals surface area contributed by atoms with Crippen molar-refractivity contribution in [1.29, 1.82) is 0 Å². The molecule has 56 valence electrons. The highest BCUT2D eigenvalue weighted by Gasteiger charge is 1.99. The van der Waals surface area contributed by atoms with Crippen LogP contribution in [0.15, 0.2) is 18.3 Å². The molecule has 0 fully saturated rings. The van der Waals surface area contributed by atoms with E-state index in [0.717, 1.165) is 11.2 Å². The fourth-order valence-electron chi connectivity index (χ4n) is 1.06. The topological polar surface area (TPSA) is 56.2 Å². The molecular weight excluding hydrogens is 140 g/mol. The van der Waals surface area contributed by atoms with Gasteiger partial charge in [-0.25, -0.2) is 4.52 Å². The molecule has 11 heavy (non-hydrogen) atoms. The molecule has 0 bridgehead atoms. The van der Waals surface area contributed by atoms with Crippen molar-refractivity contribution in [2.45, 2.75) is 6.92 Å². The SMILES string of the molecule is Cc1cccn2nc(N)nc12. The molecule has 2 heterocycles. The van der Waals surface area contributed by atoms with Gasteiger partial charge in [0.05, 0.1) is 0 Å². The summed E-state index contributed by atoms with van der Waals surface area (Å²) >= 11 is 0. The second-order valence-electron chi connectivity index (χ2n) is 2.43. The molecule has 0 amide bonds. The minimum atomic E-state index is 0.319. The number of nitrogens with zero attached hydrogens (tertiary/aromatic N) is 3. The maximum absolute atomic E-state index is 5.42. The van der Waals surface area contributed by atoms with E-state index in [0.29, 0.717) is 5.95 Å². The van der Waals surface area contributed by atoms with Gasteiger partial charge in [-0.15, -0.1) is 5.10 Å². The number of anilines is 1. The summed E-state index contributed by atoms with van der Waals surface area (Å²) in [7, 11) is 0. The van der Waals surface area contributed by atoms with Crippen molar-refractivity contribution in [1.82, 2.24) is 14.6 Å². The Balaban J connectivity index is 2.90. The van der Waals surface area contributed by atoms with E-state index in [1.54, 1.807) is 4.52 Å². The Morgan fingerprint density at radius 3 is 3.09 bits per heavy atom. The van der Waals surface area contributed by atoms with Gasteiger partial charge in [-0.3, -0.25) is 0 Å². The molecule has 2 aromatic rings. The lowest BCUT2D eigenvalue weighted by Gasteiger charge is -1.91. The van der Waals surface area contributed by atoms with Crippen molar-refractivity contribution in [2.24, 2.45) is 0 Å². The second kappa shape index (κ2) is 1.95. The first-order chi connectivity index (χ1) is 5.27. The second-order valence-corrected chi connectivity index (χ2v) is 2.43. The number of fused-ring (bicyclic) bond motifs is 1. The Kier molecular flexibility index (Phi) is 1.09. The van der Waals surface area contributed by atoms with Crippen molar-refractivity contribution in [3.05, 3.63) is 23.9 Å². The van der Waals surface area contributed by atoms with Crippen LogP contribution in [-0.4, -0.2) is 14.6 Å². The first-order valence-corrected chi connectivity index (χ1v) is 3.35. The van der Waals surface area contributed by atoms with Crippen molar-refractivity contribution in [2.75, 3.05) is 5.73 Å². The third kappa shape index (κ3) is 0.832. The number of hydrogen-bond donors (Lipinski definition) is 1. The van der Waals surface area contributed by atoms with E-state index < -0.39 is 0 Å². The summed E-state index contributed by atoms with van der Waals surface area (Å²) in [5.74, 6) is 0.319. The van der Waals surface area contributed by atoms with Gasteiger partial charge in [0.2, 0.25) is 5.95 Å². The summed E-state index contributed by atoms with van der Waals surface area (Å²) in [6.07, 6.45) is 1.83. The van der Waals surface area contributed by atoms with E-state index in [1.807, 2.05) is 25.3 Å². The zero-order valence-electron chi connectivity index (χ0n) is 6.15. The van der Waals surface area contributed by atoms with Gasteiger partial charge in [-0.2, -0.15) is 4.98 Å². The van der Waals surface area contributed by atoms with E-state index in [9.17, 15) is 0 Å². The molecule has 2 N–H and O–H groups in total. The number of nitrogen functional groups attached to an aromatic ring is 1. The summed E-state index contributed by atoms with van der Waals surface area (Å²) in [6, 6.07) is 3.89. The summed E-state index contributed by atoms with van der Waals surface area (Å²) in [5, 5.41) is 3.96. The van der Waals surface area contributed by atoms with Crippen molar-refractivity contribution in [3.8, 4) is 0 Å². The predicted molar refractivity (Wildman–Crippen MR) is 42.1 cm³/mol. The van der Waals surface area contributed by atoms with E-state index >= 15 is 0 Å². The molecule has 0 aromatic carbocycles. The van der Waals surface area contributed by atoms with Crippen LogP contribution >= 0.6 is 0 Å². The summed E-state index contributed by atoms with van der Waals surface area (Å²) in [6.45, 7) is 1.98. The van der Waals surface area contributed by atoms with Crippen LogP contribution < -0.4 is 5.73 Å². The highest BCUT2D eigenvalue weighted by atomic mass is 15.3. The number of rotatable bonds is 0. The molecule has 0 aliphatic rings. The van der Waals surface area contributed by atoms with E-state index in [1.165, 1.54) is 0 Å². The highest BCUT2D eigenvalue weighted by Crippen LogP contribution is 2.06. The maximum Gasteiger partial charge on any atom is 0.240 e. The van der Waals surface area contributed by atoms with E-state index in [2.05, 4.69) is 10.1 Å². The minimum Gasteiger partial charge on any atom is -0.366 e. The Morgan fingerprint density at radius 2 is 2.36 bits per heavy atom. The fourth-order valence-corrected chi connectivity index (χ4v) is 1.06. The van der Waals surface area contributed by atoms with Gasteiger partial charge in [0.25, 0.3) is 0 Å². The van der Waals surface area contributed by atoms with Gasteiger partial charge in [-0.1, -0.05) is 6.07 Å². The van der Waals surface area contributed by atoms with Crippen LogP contribution in [0.25, 0.3) is 5.65 Å². The van der Waals surface area contributed by atoms with Crippen LogP contribution in [-0.2, 0) is 0 Å². The molecule has 2 aromatic heterocycles. The third-order valence-corrected chi connectivity index (χ3v) is 1.57. The number of aryl methyl sites for hydroxylation is 1. The molecule has 4 heteroatoms. The van der Waals surface area contributed by atoms with Gasteiger partial charge < -0.3 is 5.73 Å². The third-order valence-electron chi connectivity index (χ3n) is 1.57. The Hall–Kier alpha value is -1.58. The molecule has 0 saturated heterocycles. The van der Waals surface area contributed by atoms with Gasteiger partial charge >= 0.3 is 0 Å². The lowest BCUT2D eigenvalue weighted by Crippen LogP contribution is -1.88. The molecule has 0 spiro atoms. The monoisotopic (exact) mass is 148 g/mol. The Bertz CT molecular complexity index is 390.